The molecular formula is C10H8N6OS. The number of aromatic nitrogens is 6. The maximum Gasteiger partial charge on any atom is 0.274 e. The number of nitrogens with zero attached hydrogens (tertiary/aromatic N) is 5. The van der Waals surface area contributed by atoms with Gasteiger partial charge in [0, 0.05) is 24.2 Å². The average molecular weight is 260 g/mol. The average Bonchev–Trinajstić information content (AvgIpc) is 2.86. The molecule has 0 saturated heterocycles. The molecule has 3 heterocycles. The van der Waals surface area contributed by atoms with Gasteiger partial charge >= 0.3 is 0 Å². The fraction of sp³-hybridized carbons (Fsp3) is 0.100. The van der Waals surface area contributed by atoms with Crippen molar-refractivity contribution in [2.24, 2.45) is 0 Å². The standard InChI is InChI=1S/C10H8N6OS/c17-8-4-7(15-9-13-6-14-16(8)9)5-18-10-11-2-1-3-12-10/h1-4,6H,5H2,(H,13,14,15). The van der Waals surface area contributed by atoms with E-state index in [9.17, 15) is 4.79 Å². The molecule has 3 rings (SSSR count). The van der Waals surface area contributed by atoms with Gasteiger partial charge in [0.25, 0.3) is 11.3 Å². The molecule has 0 aliphatic heterocycles. The van der Waals surface area contributed by atoms with Crippen LogP contribution in [0.25, 0.3) is 5.78 Å². The highest BCUT2D eigenvalue weighted by molar-refractivity contribution is 7.98. The Morgan fingerprint density at radius 2 is 2.11 bits per heavy atom. The van der Waals surface area contributed by atoms with Gasteiger partial charge in [-0.1, -0.05) is 11.8 Å². The summed E-state index contributed by atoms with van der Waals surface area (Å²) in [6.45, 7) is 0. The number of nitrogens with one attached hydrogen (secondary N) is 1. The molecule has 90 valence electrons. The lowest BCUT2D eigenvalue weighted by molar-refractivity contribution is 0.886. The van der Waals surface area contributed by atoms with E-state index >= 15 is 0 Å². The lowest BCUT2D eigenvalue weighted by Crippen LogP contribution is -2.15. The van der Waals surface area contributed by atoms with E-state index in [-0.39, 0.29) is 5.56 Å². The Bertz CT molecular complexity index is 722. The van der Waals surface area contributed by atoms with Crippen molar-refractivity contribution in [3.05, 3.63) is 46.9 Å². The first-order valence-corrected chi connectivity index (χ1v) is 6.13. The third-order valence-corrected chi connectivity index (χ3v) is 3.12. The first-order valence-electron chi connectivity index (χ1n) is 5.15. The zero-order valence-electron chi connectivity index (χ0n) is 9.15. The molecular weight excluding hydrogens is 252 g/mol. The van der Waals surface area contributed by atoms with Crippen LogP contribution in [0.2, 0.25) is 0 Å². The molecule has 7 nitrogen and oxygen atoms in total. The molecule has 0 aliphatic carbocycles. The zero-order chi connectivity index (χ0) is 12.4. The van der Waals surface area contributed by atoms with E-state index in [0.29, 0.717) is 22.4 Å². The van der Waals surface area contributed by atoms with Crippen molar-refractivity contribution in [2.75, 3.05) is 0 Å². The summed E-state index contributed by atoms with van der Waals surface area (Å²) in [6.07, 6.45) is 4.78. The van der Waals surface area contributed by atoms with Crippen LogP contribution in [-0.4, -0.2) is 29.5 Å². The summed E-state index contributed by atoms with van der Waals surface area (Å²) >= 11 is 1.42. The second kappa shape index (κ2) is 4.57. The number of aromatic amines is 1. The Morgan fingerprint density at radius 3 is 2.94 bits per heavy atom. The number of rotatable bonds is 3. The van der Waals surface area contributed by atoms with E-state index < -0.39 is 0 Å². The van der Waals surface area contributed by atoms with Crippen LogP contribution >= 0.6 is 11.8 Å². The third-order valence-electron chi connectivity index (χ3n) is 2.21. The smallest absolute Gasteiger partial charge is 0.274 e. The predicted octanol–water partition coefficient (Wildman–Crippen LogP) is 0.500. The highest BCUT2D eigenvalue weighted by atomic mass is 32.2. The fourth-order valence-corrected chi connectivity index (χ4v) is 2.14. The largest absolute Gasteiger partial charge is 0.278 e. The molecule has 3 aromatic heterocycles. The molecule has 1 N–H and O–H groups in total. The van der Waals surface area contributed by atoms with E-state index in [1.807, 2.05) is 0 Å². The maximum atomic E-state index is 11.7. The van der Waals surface area contributed by atoms with Gasteiger partial charge in [0.2, 0.25) is 0 Å². The normalized spacial score (nSPS) is 10.9. The summed E-state index contributed by atoms with van der Waals surface area (Å²) in [5, 5.41) is 3.34. The van der Waals surface area contributed by atoms with E-state index in [0.717, 1.165) is 0 Å². The van der Waals surface area contributed by atoms with Gasteiger partial charge in [-0.05, 0) is 6.07 Å². The summed E-state index contributed by atoms with van der Waals surface area (Å²) in [7, 11) is 0. The lowest BCUT2D eigenvalue weighted by Gasteiger charge is -1.99. The summed E-state index contributed by atoms with van der Waals surface area (Å²) in [5.74, 6) is 0.898. The van der Waals surface area contributed by atoms with Crippen molar-refractivity contribution >= 4 is 17.5 Å². The number of H-pyrrole nitrogens is 1. The van der Waals surface area contributed by atoms with Crippen LogP contribution in [0.5, 0.6) is 0 Å². The Balaban J connectivity index is 1.85. The van der Waals surface area contributed by atoms with Gasteiger partial charge in [-0.3, -0.25) is 9.89 Å². The molecule has 0 aromatic carbocycles. The van der Waals surface area contributed by atoms with E-state index in [4.69, 9.17) is 0 Å². The SMILES string of the molecule is O=c1cc(CSc2ncccn2)nc2nc[nH]n12. The van der Waals surface area contributed by atoms with Crippen molar-refractivity contribution in [1.29, 1.82) is 0 Å². The molecule has 0 aliphatic rings. The molecule has 0 spiro atoms. The van der Waals surface area contributed by atoms with Crippen molar-refractivity contribution < 1.29 is 0 Å². The summed E-state index contributed by atoms with van der Waals surface area (Å²) < 4.78 is 1.28. The molecule has 0 bridgehead atoms. The first-order chi connectivity index (χ1) is 8.83. The molecule has 0 fully saturated rings. The molecule has 0 saturated carbocycles. The monoisotopic (exact) mass is 260 g/mol. The number of fused-ring (bicyclic) bond motifs is 1. The van der Waals surface area contributed by atoms with Crippen LogP contribution in [0.4, 0.5) is 0 Å². The maximum absolute atomic E-state index is 11.7. The zero-order valence-corrected chi connectivity index (χ0v) is 9.96. The van der Waals surface area contributed by atoms with Crippen molar-refractivity contribution in [1.82, 2.24) is 29.5 Å². The minimum atomic E-state index is -0.179. The van der Waals surface area contributed by atoms with Gasteiger partial charge in [0.1, 0.15) is 6.33 Å². The van der Waals surface area contributed by atoms with Crippen LogP contribution in [-0.2, 0) is 5.75 Å². The molecule has 0 amide bonds. The molecule has 18 heavy (non-hydrogen) atoms. The first kappa shape index (κ1) is 10.9. The van der Waals surface area contributed by atoms with Gasteiger partial charge in [0.05, 0.1) is 5.69 Å². The fourth-order valence-electron chi connectivity index (χ4n) is 1.44. The predicted molar refractivity (Wildman–Crippen MR) is 65.2 cm³/mol. The van der Waals surface area contributed by atoms with E-state index in [2.05, 4.69) is 25.0 Å². The summed E-state index contributed by atoms with van der Waals surface area (Å²) in [5.41, 5.74) is 0.478. The highest BCUT2D eigenvalue weighted by Crippen LogP contribution is 2.16. The number of hydrogen-bond donors (Lipinski definition) is 1. The molecule has 8 heteroatoms. The minimum absolute atomic E-state index is 0.179. The van der Waals surface area contributed by atoms with Crippen LogP contribution < -0.4 is 5.56 Å². The highest BCUT2D eigenvalue weighted by Gasteiger charge is 2.05. The second-order valence-electron chi connectivity index (χ2n) is 3.43. The summed E-state index contributed by atoms with van der Waals surface area (Å²) in [4.78, 5) is 28.1. The van der Waals surface area contributed by atoms with Gasteiger partial charge in [-0.15, -0.1) is 0 Å². The van der Waals surface area contributed by atoms with Gasteiger partial charge in [-0.25, -0.2) is 19.9 Å². The van der Waals surface area contributed by atoms with Gasteiger partial charge < -0.3 is 0 Å². The van der Waals surface area contributed by atoms with Crippen LogP contribution in [0.15, 0.2) is 40.8 Å². The van der Waals surface area contributed by atoms with E-state index in [1.54, 1.807) is 18.5 Å². The van der Waals surface area contributed by atoms with E-state index in [1.165, 1.54) is 28.7 Å². The van der Waals surface area contributed by atoms with Crippen LogP contribution in [0, 0.1) is 0 Å². The Kier molecular flexibility index (Phi) is 2.77. The minimum Gasteiger partial charge on any atom is -0.278 e. The number of hydrogen-bond acceptors (Lipinski definition) is 6. The Labute approximate surface area is 105 Å². The second-order valence-corrected chi connectivity index (χ2v) is 4.37. The lowest BCUT2D eigenvalue weighted by atomic mass is 10.4. The van der Waals surface area contributed by atoms with Crippen LogP contribution in [0.3, 0.4) is 0 Å². The van der Waals surface area contributed by atoms with Crippen molar-refractivity contribution in [3.63, 3.8) is 0 Å². The van der Waals surface area contributed by atoms with Crippen molar-refractivity contribution in [3.8, 4) is 0 Å². The Morgan fingerprint density at radius 1 is 1.28 bits per heavy atom. The van der Waals surface area contributed by atoms with Crippen LogP contribution in [0.1, 0.15) is 5.69 Å². The molecule has 0 unspecified atom stereocenters. The quantitative estimate of drug-likeness (QED) is 0.545. The number of thioether (sulfide) groups is 1. The molecule has 0 atom stereocenters. The van der Waals surface area contributed by atoms with Gasteiger partial charge in [0.15, 0.2) is 5.16 Å². The molecule has 3 aromatic rings. The topological polar surface area (TPSA) is 88.8 Å². The van der Waals surface area contributed by atoms with Crippen molar-refractivity contribution in [2.45, 2.75) is 10.9 Å². The molecule has 0 radical (unpaired) electrons. The Hall–Kier alpha value is -2.22. The van der Waals surface area contributed by atoms with Gasteiger partial charge in [-0.2, -0.15) is 4.52 Å². The third kappa shape index (κ3) is 2.09. The summed E-state index contributed by atoms with van der Waals surface area (Å²) in [6, 6.07) is 3.23.